The fraction of sp³-hybridized carbons (Fsp3) is 0.667. The lowest BCUT2D eigenvalue weighted by molar-refractivity contribution is -0.122. The molecule has 2 N–H and O–H groups in total. The molecule has 110 valence electrons. The zero-order chi connectivity index (χ0) is 14.9. The number of aromatic nitrogens is 3. The summed E-state index contributed by atoms with van der Waals surface area (Å²) in [6.07, 6.45) is 1.67. The zero-order valence-electron chi connectivity index (χ0n) is 11.9. The predicted molar refractivity (Wildman–Crippen MR) is 77.9 cm³/mol. The van der Waals surface area contributed by atoms with Crippen LogP contribution in [0.5, 0.6) is 0 Å². The highest BCUT2D eigenvalue weighted by atomic mass is 35.5. The standard InChI is InChI=1S/C12H19ClN6O/c1-7-4-5-8(9(14)20)6-19(7)12-16-10(13)15-11(17-12)18(2)3/h7-8H,4-6H2,1-3H3,(H2,14,20). The molecule has 2 unspecified atom stereocenters. The molecule has 7 nitrogen and oxygen atoms in total. The molecule has 0 radical (unpaired) electrons. The van der Waals surface area contributed by atoms with Gasteiger partial charge in [0.25, 0.3) is 0 Å². The van der Waals surface area contributed by atoms with Crippen molar-refractivity contribution in [1.29, 1.82) is 0 Å². The normalized spacial score (nSPS) is 22.7. The number of amides is 1. The number of nitrogens with two attached hydrogens (primary N) is 1. The van der Waals surface area contributed by atoms with Crippen LogP contribution in [0.3, 0.4) is 0 Å². The maximum atomic E-state index is 11.4. The van der Waals surface area contributed by atoms with Gasteiger partial charge >= 0.3 is 0 Å². The Bertz CT molecular complexity index is 509. The Kier molecular flexibility index (Phi) is 4.27. The topological polar surface area (TPSA) is 88.2 Å². The number of anilines is 2. The van der Waals surface area contributed by atoms with Crippen LogP contribution in [0.25, 0.3) is 0 Å². The Hall–Kier alpha value is -1.63. The second-order valence-corrected chi connectivity index (χ2v) is 5.61. The Morgan fingerprint density at radius 1 is 1.35 bits per heavy atom. The molecule has 0 saturated carbocycles. The predicted octanol–water partition coefficient (Wildman–Crippen LogP) is 0.681. The van der Waals surface area contributed by atoms with E-state index in [1.807, 2.05) is 19.0 Å². The van der Waals surface area contributed by atoms with Gasteiger partial charge in [-0.05, 0) is 31.4 Å². The smallest absolute Gasteiger partial charge is 0.231 e. The van der Waals surface area contributed by atoms with Crippen molar-refractivity contribution >= 4 is 29.4 Å². The number of carbonyl (C=O) groups is 1. The first-order chi connectivity index (χ1) is 9.38. The maximum absolute atomic E-state index is 11.4. The molecule has 0 aromatic carbocycles. The largest absolute Gasteiger partial charge is 0.369 e. The van der Waals surface area contributed by atoms with Gasteiger partial charge in [-0.3, -0.25) is 4.79 Å². The Balaban J connectivity index is 2.31. The van der Waals surface area contributed by atoms with Crippen molar-refractivity contribution in [1.82, 2.24) is 15.0 Å². The van der Waals surface area contributed by atoms with Crippen molar-refractivity contribution < 1.29 is 4.79 Å². The molecule has 0 aliphatic carbocycles. The molecule has 0 spiro atoms. The molecule has 1 aliphatic heterocycles. The van der Waals surface area contributed by atoms with Crippen LogP contribution < -0.4 is 15.5 Å². The monoisotopic (exact) mass is 298 g/mol. The third-order valence-corrected chi connectivity index (χ3v) is 3.69. The summed E-state index contributed by atoms with van der Waals surface area (Å²) in [5.74, 6) is 0.528. The Morgan fingerprint density at radius 2 is 2.05 bits per heavy atom. The minimum Gasteiger partial charge on any atom is -0.369 e. The SMILES string of the molecule is CC1CCC(C(N)=O)CN1c1nc(Cl)nc(N(C)C)n1. The highest BCUT2D eigenvalue weighted by Gasteiger charge is 2.30. The second-order valence-electron chi connectivity index (χ2n) is 5.28. The van der Waals surface area contributed by atoms with E-state index < -0.39 is 0 Å². The first-order valence-electron chi connectivity index (χ1n) is 6.53. The first kappa shape index (κ1) is 14.8. The number of primary amides is 1. The molecule has 2 heterocycles. The van der Waals surface area contributed by atoms with Gasteiger partial charge in [0.05, 0.1) is 5.92 Å². The highest BCUT2D eigenvalue weighted by Crippen LogP contribution is 2.26. The Morgan fingerprint density at radius 3 is 2.65 bits per heavy atom. The van der Waals surface area contributed by atoms with Gasteiger partial charge in [0, 0.05) is 26.7 Å². The molecule has 1 aromatic heterocycles. The van der Waals surface area contributed by atoms with Crippen molar-refractivity contribution in [3.63, 3.8) is 0 Å². The highest BCUT2D eigenvalue weighted by molar-refractivity contribution is 6.28. The molecule has 0 bridgehead atoms. The number of hydrogen-bond donors (Lipinski definition) is 1. The zero-order valence-corrected chi connectivity index (χ0v) is 12.6. The van der Waals surface area contributed by atoms with Crippen molar-refractivity contribution in [2.24, 2.45) is 11.7 Å². The molecular formula is C12H19ClN6O. The van der Waals surface area contributed by atoms with Gasteiger partial charge in [-0.1, -0.05) is 0 Å². The van der Waals surface area contributed by atoms with Gasteiger partial charge in [-0.2, -0.15) is 15.0 Å². The van der Waals surface area contributed by atoms with E-state index in [2.05, 4.69) is 21.9 Å². The van der Waals surface area contributed by atoms with Crippen molar-refractivity contribution in [2.75, 3.05) is 30.4 Å². The second kappa shape index (κ2) is 5.78. The van der Waals surface area contributed by atoms with Crippen molar-refractivity contribution in [3.8, 4) is 0 Å². The van der Waals surface area contributed by atoms with Crippen LogP contribution in [0.2, 0.25) is 5.28 Å². The average molecular weight is 299 g/mol. The van der Waals surface area contributed by atoms with Gasteiger partial charge < -0.3 is 15.5 Å². The number of rotatable bonds is 3. The molecule has 1 saturated heterocycles. The van der Waals surface area contributed by atoms with E-state index in [1.165, 1.54) is 0 Å². The number of carbonyl (C=O) groups excluding carboxylic acids is 1. The summed E-state index contributed by atoms with van der Waals surface area (Å²) in [7, 11) is 3.67. The number of hydrogen-bond acceptors (Lipinski definition) is 6. The van der Waals surface area contributed by atoms with Gasteiger partial charge in [-0.25, -0.2) is 0 Å². The molecule has 20 heavy (non-hydrogen) atoms. The van der Waals surface area contributed by atoms with E-state index in [1.54, 1.807) is 4.90 Å². The summed E-state index contributed by atoms with van der Waals surface area (Å²) in [6, 6.07) is 0.235. The van der Waals surface area contributed by atoms with E-state index >= 15 is 0 Å². The van der Waals surface area contributed by atoms with Crippen LogP contribution in [0.1, 0.15) is 19.8 Å². The maximum Gasteiger partial charge on any atom is 0.231 e. The molecule has 2 rings (SSSR count). The number of nitrogens with zero attached hydrogens (tertiary/aromatic N) is 5. The lowest BCUT2D eigenvalue weighted by atomic mass is 9.93. The van der Waals surface area contributed by atoms with Crippen LogP contribution >= 0.6 is 11.6 Å². The van der Waals surface area contributed by atoms with Crippen LogP contribution in [0.15, 0.2) is 0 Å². The molecule has 1 amide bonds. The van der Waals surface area contributed by atoms with E-state index in [0.29, 0.717) is 18.4 Å². The van der Waals surface area contributed by atoms with Gasteiger partial charge in [-0.15, -0.1) is 0 Å². The van der Waals surface area contributed by atoms with Crippen molar-refractivity contribution in [2.45, 2.75) is 25.8 Å². The lowest BCUT2D eigenvalue weighted by Crippen LogP contribution is -2.46. The van der Waals surface area contributed by atoms with Crippen LogP contribution in [-0.2, 0) is 4.79 Å². The third-order valence-electron chi connectivity index (χ3n) is 3.53. The fourth-order valence-electron chi connectivity index (χ4n) is 2.28. The fourth-order valence-corrected chi connectivity index (χ4v) is 2.43. The minimum absolute atomic E-state index is 0.145. The number of halogens is 1. The summed E-state index contributed by atoms with van der Waals surface area (Å²) in [5.41, 5.74) is 5.41. The van der Waals surface area contributed by atoms with E-state index in [4.69, 9.17) is 17.3 Å². The molecule has 1 fully saturated rings. The minimum atomic E-state index is -0.283. The number of piperidine rings is 1. The molecule has 1 aromatic rings. The summed E-state index contributed by atoms with van der Waals surface area (Å²) in [4.78, 5) is 27.7. The Labute approximate surface area is 123 Å². The summed E-state index contributed by atoms with van der Waals surface area (Å²) < 4.78 is 0. The summed E-state index contributed by atoms with van der Waals surface area (Å²) in [6.45, 7) is 2.59. The molecule has 8 heteroatoms. The molecular weight excluding hydrogens is 280 g/mol. The van der Waals surface area contributed by atoms with E-state index in [9.17, 15) is 4.79 Å². The molecule has 1 aliphatic rings. The van der Waals surface area contributed by atoms with Crippen LogP contribution in [0.4, 0.5) is 11.9 Å². The first-order valence-corrected chi connectivity index (χ1v) is 6.91. The van der Waals surface area contributed by atoms with E-state index in [-0.39, 0.29) is 23.2 Å². The van der Waals surface area contributed by atoms with Crippen LogP contribution in [-0.4, -0.2) is 47.5 Å². The summed E-state index contributed by atoms with van der Waals surface area (Å²) >= 11 is 5.95. The summed E-state index contributed by atoms with van der Waals surface area (Å²) in [5, 5.41) is 0.145. The van der Waals surface area contributed by atoms with Crippen molar-refractivity contribution in [3.05, 3.63) is 5.28 Å². The quantitative estimate of drug-likeness (QED) is 0.883. The lowest BCUT2D eigenvalue weighted by Gasteiger charge is -2.37. The molecule has 2 atom stereocenters. The van der Waals surface area contributed by atoms with Gasteiger partial charge in [0.1, 0.15) is 0 Å². The van der Waals surface area contributed by atoms with Gasteiger partial charge in [0.2, 0.25) is 23.1 Å². The van der Waals surface area contributed by atoms with E-state index in [0.717, 1.165) is 12.8 Å². The average Bonchev–Trinajstić information content (AvgIpc) is 2.38. The van der Waals surface area contributed by atoms with Crippen LogP contribution in [0, 0.1) is 5.92 Å². The third kappa shape index (κ3) is 3.09. The van der Waals surface area contributed by atoms with Gasteiger partial charge in [0.15, 0.2) is 0 Å².